The second kappa shape index (κ2) is 12.0. The molecule has 1 heterocycles. The van der Waals surface area contributed by atoms with Crippen molar-refractivity contribution in [2.45, 2.75) is 19.9 Å². The van der Waals surface area contributed by atoms with Gasteiger partial charge in [-0.1, -0.05) is 24.3 Å². The molecule has 2 aromatic rings. The first-order chi connectivity index (χ1) is 15.6. The van der Waals surface area contributed by atoms with Gasteiger partial charge in [0.25, 0.3) is 5.91 Å². The summed E-state index contributed by atoms with van der Waals surface area (Å²) in [5.74, 6) is 2.27. The third-order valence-electron chi connectivity index (χ3n) is 5.10. The average Bonchev–Trinajstić information content (AvgIpc) is 2.81. The highest BCUT2D eigenvalue weighted by Gasteiger charge is 2.24. The molecule has 0 saturated carbocycles. The molecule has 172 valence electrons. The number of carbonyl (C=O) groups excluding carboxylic acids is 1. The van der Waals surface area contributed by atoms with Crippen LogP contribution in [0.5, 0.6) is 11.5 Å². The largest absolute Gasteiger partial charge is 0.491 e. The Labute approximate surface area is 189 Å². The van der Waals surface area contributed by atoms with Gasteiger partial charge in [0.15, 0.2) is 12.6 Å². The van der Waals surface area contributed by atoms with Gasteiger partial charge in [0.1, 0.15) is 18.1 Å². The van der Waals surface area contributed by atoms with Gasteiger partial charge >= 0.3 is 0 Å². The molecule has 0 fully saturated rings. The van der Waals surface area contributed by atoms with Crippen LogP contribution >= 0.6 is 0 Å². The highest BCUT2D eigenvalue weighted by molar-refractivity contribution is 5.97. The number of rotatable bonds is 10. The molecule has 2 N–H and O–H groups in total. The van der Waals surface area contributed by atoms with E-state index in [-0.39, 0.29) is 12.5 Å². The van der Waals surface area contributed by atoms with Crippen LogP contribution < -0.4 is 25.0 Å². The summed E-state index contributed by atoms with van der Waals surface area (Å²) in [4.78, 5) is 18.4. The molecule has 0 bridgehead atoms. The van der Waals surface area contributed by atoms with Gasteiger partial charge in [-0.2, -0.15) is 0 Å². The molecule has 0 aliphatic carbocycles. The van der Waals surface area contributed by atoms with Gasteiger partial charge in [-0.15, -0.1) is 0 Å². The van der Waals surface area contributed by atoms with Gasteiger partial charge in [-0.3, -0.25) is 9.79 Å². The molecular formula is C24H32N4O4. The normalized spacial score (nSPS) is 13.4. The summed E-state index contributed by atoms with van der Waals surface area (Å²) < 4.78 is 16.4. The zero-order valence-electron chi connectivity index (χ0n) is 19.0. The highest BCUT2D eigenvalue weighted by Crippen LogP contribution is 2.31. The van der Waals surface area contributed by atoms with Gasteiger partial charge < -0.3 is 29.7 Å². The SMILES string of the molecule is CN=C(NCCCN1C(=O)COc2ccccc21)NCc1ccc(C)cc1OCCOC. The monoisotopic (exact) mass is 440 g/mol. The Kier molecular flexibility index (Phi) is 8.74. The van der Waals surface area contributed by atoms with E-state index in [1.165, 1.54) is 0 Å². The van der Waals surface area contributed by atoms with Crippen molar-refractivity contribution in [2.75, 3.05) is 52.0 Å². The van der Waals surface area contributed by atoms with Crippen LogP contribution in [0.1, 0.15) is 17.5 Å². The van der Waals surface area contributed by atoms with Gasteiger partial charge in [-0.05, 0) is 37.1 Å². The Bertz CT molecular complexity index is 932. The number of anilines is 1. The number of fused-ring (bicyclic) bond motifs is 1. The van der Waals surface area contributed by atoms with Crippen LogP contribution in [-0.2, 0) is 16.1 Å². The summed E-state index contributed by atoms with van der Waals surface area (Å²) in [6, 6.07) is 13.8. The van der Waals surface area contributed by atoms with Crippen molar-refractivity contribution in [1.82, 2.24) is 10.6 Å². The number of hydrogen-bond acceptors (Lipinski definition) is 5. The number of aliphatic imine (C=N–C) groups is 1. The fourth-order valence-electron chi connectivity index (χ4n) is 3.42. The van der Waals surface area contributed by atoms with E-state index >= 15 is 0 Å². The van der Waals surface area contributed by atoms with E-state index in [1.54, 1.807) is 19.1 Å². The quantitative estimate of drug-likeness (QED) is 0.336. The lowest BCUT2D eigenvalue weighted by atomic mass is 10.1. The second-order valence-electron chi connectivity index (χ2n) is 7.46. The van der Waals surface area contributed by atoms with Gasteiger partial charge in [0.2, 0.25) is 0 Å². The zero-order valence-corrected chi connectivity index (χ0v) is 19.0. The lowest BCUT2D eigenvalue weighted by Crippen LogP contribution is -2.42. The number of guanidine groups is 1. The maximum atomic E-state index is 12.3. The van der Waals surface area contributed by atoms with Crippen LogP contribution in [0.15, 0.2) is 47.5 Å². The molecule has 0 aromatic heterocycles. The molecule has 2 aromatic carbocycles. The number of nitrogens with zero attached hydrogens (tertiary/aromatic N) is 2. The predicted molar refractivity (Wildman–Crippen MR) is 126 cm³/mol. The number of methoxy groups -OCH3 is 1. The van der Waals surface area contributed by atoms with Crippen molar-refractivity contribution in [3.63, 3.8) is 0 Å². The predicted octanol–water partition coefficient (Wildman–Crippen LogP) is 2.50. The summed E-state index contributed by atoms with van der Waals surface area (Å²) in [7, 11) is 3.40. The van der Waals surface area contributed by atoms with Gasteiger partial charge in [0.05, 0.1) is 12.3 Å². The van der Waals surface area contributed by atoms with Gasteiger partial charge in [0, 0.05) is 39.4 Å². The molecule has 32 heavy (non-hydrogen) atoms. The third kappa shape index (κ3) is 6.37. The summed E-state index contributed by atoms with van der Waals surface area (Å²) in [6.45, 7) is 5.04. The molecule has 8 nitrogen and oxygen atoms in total. The van der Waals surface area contributed by atoms with Crippen LogP contribution in [0.2, 0.25) is 0 Å². The molecule has 3 rings (SSSR count). The number of benzene rings is 2. The Morgan fingerprint density at radius 2 is 2.03 bits per heavy atom. The number of ether oxygens (including phenoxy) is 3. The molecule has 1 amide bonds. The van der Waals surface area contributed by atoms with Crippen molar-refractivity contribution < 1.29 is 19.0 Å². The fraction of sp³-hybridized carbons (Fsp3) is 0.417. The van der Waals surface area contributed by atoms with Gasteiger partial charge in [-0.25, -0.2) is 0 Å². The topological polar surface area (TPSA) is 84.4 Å². The van der Waals surface area contributed by atoms with Crippen LogP contribution in [-0.4, -0.2) is 58.9 Å². The second-order valence-corrected chi connectivity index (χ2v) is 7.46. The number of aryl methyl sites for hydroxylation is 1. The number of nitrogens with one attached hydrogen (secondary N) is 2. The molecule has 0 saturated heterocycles. The first-order valence-corrected chi connectivity index (χ1v) is 10.8. The van der Waals surface area contributed by atoms with E-state index in [0.29, 0.717) is 38.8 Å². The first-order valence-electron chi connectivity index (χ1n) is 10.8. The summed E-state index contributed by atoms with van der Waals surface area (Å²) in [6.07, 6.45) is 0.774. The Morgan fingerprint density at radius 1 is 1.19 bits per heavy atom. The lowest BCUT2D eigenvalue weighted by Gasteiger charge is -2.29. The van der Waals surface area contributed by atoms with E-state index in [0.717, 1.165) is 34.7 Å². The van der Waals surface area contributed by atoms with E-state index in [9.17, 15) is 4.79 Å². The van der Waals surface area contributed by atoms with Crippen molar-refractivity contribution >= 4 is 17.6 Å². The summed E-state index contributed by atoms with van der Waals surface area (Å²) in [5.41, 5.74) is 3.01. The van der Waals surface area contributed by atoms with E-state index < -0.39 is 0 Å². The van der Waals surface area contributed by atoms with E-state index in [1.807, 2.05) is 37.3 Å². The molecule has 1 aliphatic rings. The third-order valence-corrected chi connectivity index (χ3v) is 5.10. The Morgan fingerprint density at radius 3 is 2.84 bits per heavy atom. The Hall–Kier alpha value is -3.26. The lowest BCUT2D eigenvalue weighted by molar-refractivity contribution is -0.121. The van der Waals surface area contributed by atoms with Crippen molar-refractivity contribution in [3.8, 4) is 11.5 Å². The van der Waals surface area contributed by atoms with Crippen molar-refractivity contribution in [1.29, 1.82) is 0 Å². The molecule has 8 heteroatoms. The van der Waals surface area contributed by atoms with Crippen molar-refractivity contribution in [2.24, 2.45) is 4.99 Å². The summed E-state index contributed by atoms with van der Waals surface area (Å²) >= 11 is 0. The minimum atomic E-state index is -0.0217. The minimum absolute atomic E-state index is 0.0217. The number of hydrogen-bond donors (Lipinski definition) is 2. The van der Waals surface area contributed by atoms with Crippen LogP contribution in [0.3, 0.4) is 0 Å². The Balaban J connectivity index is 1.48. The van der Waals surface area contributed by atoms with Crippen LogP contribution in [0, 0.1) is 6.92 Å². The molecule has 0 radical (unpaired) electrons. The van der Waals surface area contributed by atoms with Crippen LogP contribution in [0.4, 0.5) is 5.69 Å². The maximum Gasteiger partial charge on any atom is 0.265 e. The minimum Gasteiger partial charge on any atom is -0.491 e. The highest BCUT2D eigenvalue weighted by atomic mass is 16.5. The van der Waals surface area contributed by atoms with E-state index in [2.05, 4.69) is 27.8 Å². The van der Waals surface area contributed by atoms with Crippen molar-refractivity contribution in [3.05, 3.63) is 53.6 Å². The fourth-order valence-corrected chi connectivity index (χ4v) is 3.42. The zero-order chi connectivity index (χ0) is 22.8. The average molecular weight is 441 g/mol. The molecular weight excluding hydrogens is 408 g/mol. The number of carbonyl (C=O) groups is 1. The summed E-state index contributed by atoms with van der Waals surface area (Å²) in [5, 5.41) is 6.64. The standard InChI is InChI=1S/C24H32N4O4/c1-18-9-10-19(22(15-18)31-14-13-30-3)16-27-24(25-2)26-11-6-12-28-20-7-4-5-8-21(20)32-17-23(28)29/h4-5,7-10,15H,6,11-14,16-17H2,1-3H3,(H2,25,26,27). The van der Waals surface area contributed by atoms with E-state index in [4.69, 9.17) is 14.2 Å². The molecule has 0 atom stereocenters. The first kappa shape index (κ1) is 23.4. The number of para-hydroxylation sites is 2. The van der Waals surface area contributed by atoms with Crippen LogP contribution in [0.25, 0.3) is 0 Å². The maximum absolute atomic E-state index is 12.3. The smallest absolute Gasteiger partial charge is 0.265 e. The molecule has 0 unspecified atom stereocenters. The molecule has 1 aliphatic heterocycles. The number of amides is 1. The molecule has 0 spiro atoms.